The Bertz CT molecular complexity index is 59.5. The summed E-state index contributed by atoms with van der Waals surface area (Å²) in [7, 11) is 4.67. The molecule has 4 heteroatoms. The van der Waals surface area contributed by atoms with Crippen LogP contribution in [0.4, 0.5) is 0 Å². The summed E-state index contributed by atoms with van der Waals surface area (Å²) < 4.78 is 0. The van der Waals surface area contributed by atoms with E-state index in [2.05, 4.69) is 79.5 Å². The van der Waals surface area contributed by atoms with Gasteiger partial charge in [-0.15, -0.1) is 6.22 Å². The topological polar surface area (TPSA) is 0 Å². The molecule has 0 nitrogen and oxygen atoms in total. The quantitative estimate of drug-likeness (QED) is 0.510. The van der Waals surface area contributed by atoms with E-state index in [1.54, 1.807) is 0 Å². The second-order valence-electron chi connectivity index (χ2n) is 3.20. The predicted molar refractivity (Wildman–Crippen MR) is 74.6 cm³/mol. The Labute approximate surface area is 96.5 Å². The molecule has 0 saturated carbocycles. The predicted octanol–water partition coefficient (Wildman–Crippen LogP) is 4.20. The van der Waals surface area contributed by atoms with Crippen molar-refractivity contribution in [3.05, 3.63) is 0 Å². The average molecular weight is 376 g/mol. The summed E-state index contributed by atoms with van der Waals surface area (Å²) in [5.74, 6) is 1.47. The van der Waals surface area contributed by atoms with Crippen LogP contribution in [0.5, 0.6) is 0 Å². The van der Waals surface area contributed by atoms with Crippen LogP contribution in [-0.4, -0.2) is 14.6 Å². The SMILES string of the molecule is CC(C)[B]C[B]C(C)C.II. The Balaban J connectivity index is 0. The van der Waals surface area contributed by atoms with Gasteiger partial charge in [0.15, 0.2) is 0 Å². The van der Waals surface area contributed by atoms with Crippen molar-refractivity contribution >= 4 is 51.8 Å². The van der Waals surface area contributed by atoms with Gasteiger partial charge in [-0.2, -0.15) is 0 Å². The van der Waals surface area contributed by atoms with Crippen molar-refractivity contribution in [2.45, 2.75) is 45.5 Å². The van der Waals surface area contributed by atoms with Crippen LogP contribution in [0.15, 0.2) is 0 Å². The van der Waals surface area contributed by atoms with E-state index >= 15 is 0 Å². The van der Waals surface area contributed by atoms with Crippen molar-refractivity contribution in [2.75, 3.05) is 0 Å². The first-order valence-corrected chi connectivity index (χ1v) is 10.2. The van der Waals surface area contributed by atoms with Crippen molar-refractivity contribution in [3.8, 4) is 0 Å². The summed E-state index contributed by atoms with van der Waals surface area (Å²) in [5, 5.41) is 0. The van der Waals surface area contributed by atoms with Crippen LogP contribution >= 0.6 is 37.2 Å². The largest absolute Gasteiger partial charge is 0.106 e. The summed E-state index contributed by atoms with van der Waals surface area (Å²) in [4.78, 5) is 0. The molecule has 0 heterocycles. The van der Waals surface area contributed by atoms with Gasteiger partial charge < -0.3 is 0 Å². The van der Waals surface area contributed by atoms with Crippen LogP contribution in [0.2, 0.25) is 17.9 Å². The molecular weight excluding hydrogens is 360 g/mol. The van der Waals surface area contributed by atoms with Crippen molar-refractivity contribution in [3.63, 3.8) is 0 Å². The molecule has 2 radical (unpaired) electrons. The van der Waals surface area contributed by atoms with E-state index in [1.807, 2.05) is 0 Å². The Morgan fingerprint density at radius 1 is 0.909 bits per heavy atom. The van der Waals surface area contributed by atoms with Gasteiger partial charge in [0, 0.05) is 37.2 Å². The van der Waals surface area contributed by atoms with Gasteiger partial charge in [-0.3, -0.25) is 0 Å². The van der Waals surface area contributed by atoms with Crippen molar-refractivity contribution in [2.24, 2.45) is 0 Å². The molecule has 0 aliphatic rings. The molecule has 0 atom stereocenters. The Morgan fingerprint density at radius 2 is 1.18 bits per heavy atom. The van der Waals surface area contributed by atoms with Gasteiger partial charge in [0.05, 0.1) is 0 Å². The highest BCUT2D eigenvalue weighted by Gasteiger charge is 1.99. The van der Waals surface area contributed by atoms with Crippen molar-refractivity contribution < 1.29 is 0 Å². The van der Waals surface area contributed by atoms with Crippen molar-refractivity contribution in [1.29, 1.82) is 0 Å². The van der Waals surface area contributed by atoms with E-state index in [0.29, 0.717) is 0 Å². The molecule has 0 saturated heterocycles. The first-order valence-electron chi connectivity index (χ1n) is 3.94. The normalized spacial score (nSPS) is 9.09. The van der Waals surface area contributed by atoms with Crippen LogP contribution in [-0.2, 0) is 0 Å². The summed E-state index contributed by atoms with van der Waals surface area (Å²) in [6, 6.07) is 0. The fraction of sp³-hybridized carbons (Fsp3) is 1.00. The molecule has 0 rings (SSSR count). The maximum Gasteiger partial charge on any atom is 0.104 e. The van der Waals surface area contributed by atoms with E-state index in [4.69, 9.17) is 0 Å². The van der Waals surface area contributed by atoms with Gasteiger partial charge in [-0.05, 0) is 0 Å². The highest BCUT2D eigenvalue weighted by atomic mass is 128. The van der Waals surface area contributed by atoms with Crippen LogP contribution in [0.3, 0.4) is 0 Å². The molecule has 0 bridgehead atoms. The molecule has 0 amide bonds. The van der Waals surface area contributed by atoms with E-state index in [-0.39, 0.29) is 0 Å². The van der Waals surface area contributed by atoms with Gasteiger partial charge in [-0.1, -0.05) is 39.3 Å². The summed E-state index contributed by atoms with van der Waals surface area (Å²) in [6.07, 6.45) is 1.16. The molecule has 0 aliphatic heterocycles. The first kappa shape index (κ1) is 15.1. The Hall–Kier alpha value is 1.59. The second-order valence-corrected chi connectivity index (χ2v) is 3.20. The second kappa shape index (κ2) is 11.6. The van der Waals surface area contributed by atoms with Crippen LogP contribution in [0, 0.1) is 0 Å². The zero-order chi connectivity index (χ0) is 9.28. The molecule has 0 aromatic heterocycles. The zero-order valence-corrected chi connectivity index (χ0v) is 12.1. The van der Waals surface area contributed by atoms with E-state index in [1.165, 1.54) is 0 Å². The fourth-order valence-corrected chi connectivity index (χ4v) is 0.623. The monoisotopic (exact) mass is 376 g/mol. The van der Waals surface area contributed by atoms with Crippen LogP contribution in [0.1, 0.15) is 27.7 Å². The molecule has 0 fully saturated rings. The van der Waals surface area contributed by atoms with Crippen molar-refractivity contribution in [1.82, 2.24) is 0 Å². The van der Waals surface area contributed by atoms with E-state index in [9.17, 15) is 0 Å². The first-order chi connectivity index (χ1) is 5.13. The molecule has 64 valence electrons. The Morgan fingerprint density at radius 3 is 1.36 bits per heavy atom. The third kappa shape index (κ3) is 18.5. The molecule has 0 aromatic rings. The van der Waals surface area contributed by atoms with Gasteiger partial charge >= 0.3 is 0 Å². The number of halogens is 2. The zero-order valence-electron chi connectivity index (χ0n) is 7.77. The minimum absolute atomic E-state index is 0.736. The summed E-state index contributed by atoms with van der Waals surface area (Å²) >= 11 is 4.24. The smallest absolute Gasteiger partial charge is 0.104 e. The molecule has 0 unspecified atom stereocenters. The molecular formula is C7H16B2I2. The molecule has 0 aromatic carbocycles. The van der Waals surface area contributed by atoms with Crippen LogP contribution < -0.4 is 0 Å². The highest BCUT2D eigenvalue weighted by Crippen LogP contribution is 2.04. The lowest BCUT2D eigenvalue weighted by Crippen LogP contribution is -2.03. The Kier molecular flexibility index (Phi) is 15.9. The van der Waals surface area contributed by atoms with Gasteiger partial charge in [0.2, 0.25) is 0 Å². The van der Waals surface area contributed by atoms with Gasteiger partial charge in [0.1, 0.15) is 14.6 Å². The van der Waals surface area contributed by atoms with Gasteiger partial charge in [0.25, 0.3) is 0 Å². The summed E-state index contributed by atoms with van der Waals surface area (Å²) in [6.45, 7) is 8.87. The standard InChI is InChI=1S/C7H16B2.I2/c1-6(2)8-5-9-7(3)4;1-2/h6-7H,5H2,1-4H3;. The molecule has 0 aliphatic carbocycles. The number of hydrogen-bond acceptors (Lipinski definition) is 0. The lowest BCUT2D eigenvalue weighted by Gasteiger charge is -2.02. The highest BCUT2D eigenvalue weighted by molar-refractivity contribution is 15.0. The molecule has 0 N–H and O–H groups in total. The minimum atomic E-state index is 0.736. The number of hydrogen-bond donors (Lipinski definition) is 0. The third-order valence-corrected chi connectivity index (χ3v) is 1.21. The third-order valence-electron chi connectivity index (χ3n) is 1.21. The lowest BCUT2D eigenvalue weighted by molar-refractivity contribution is 1.04. The molecule has 11 heavy (non-hydrogen) atoms. The fourth-order valence-electron chi connectivity index (χ4n) is 0.623. The number of rotatable bonds is 4. The minimum Gasteiger partial charge on any atom is -0.106 e. The van der Waals surface area contributed by atoms with E-state index in [0.717, 1.165) is 17.9 Å². The van der Waals surface area contributed by atoms with Gasteiger partial charge in [-0.25, -0.2) is 0 Å². The summed E-state index contributed by atoms with van der Waals surface area (Å²) in [5.41, 5.74) is 0. The lowest BCUT2D eigenvalue weighted by atomic mass is 9.46. The maximum atomic E-state index is 2.33. The average Bonchev–Trinajstić information content (AvgIpc) is 1.90. The van der Waals surface area contributed by atoms with E-state index < -0.39 is 0 Å². The maximum absolute atomic E-state index is 2.33. The van der Waals surface area contributed by atoms with Crippen LogP contribution in [0.25, 0.3) is 0 Å². The molecule has 0 spiro atoms.